The van der Waals surface area contributed by atoms with Crippen LogP contribution in [0.2, 0.25) is 0 Å². The second-order valence-electron chi connectivity index (χ2n) is 6.71. The number of aromatic nitrogens is 1. The molecule has 5 nitrogen and oxygen atoms in total. The van der Waals surface area contributed by atoms with E-state index in [1.165, 1.54) is 13.0 Å². The second kappa shape index (κ2) is 6.20. The van der Waals surface area contributed by atoms with Gasteiger partial charge in [-0.15, -0.1) is 0 Å². The maximum absolute atomic E-state index is 12.4. The van der Waals surface area contributed by atoms with Crippen molar-refractivity contribution in [1.29, 1.82) is 0 Å². The maximum Gasteiger partial charge on any atom is 0.270 e. The van der Waals surface area contributed by atoms with Gasteiger partial charge in [-0.3, -0.25) is 4.79 Å². The fourth-order valence-electron chi connectivity index (χ4n) is 3.59. The third kappa shape index (κ3) is 3.30. The van der Waals surface area contributed by atoms with Crippen LogP contribution in [0.5, 0.6) is 0 Å². The Hall–Kier alpha value is -1.33. The molecule has 1 N–H and O–H groups in total. The Kier molecular flexibility index (Phi) is 4.31. The lowest BCUT2D eigenvalue weighted by Crippen LogP contribution is -2.42. The van der Waals surface area contributed by atoms with Crippen molar-refractivity contribution in [2.24, 2.45) is 11.8 Å². The van der Waals surface area contributed by atoms with E-state index in [4.69, 9.17) is 0 Å². The van der Waals surface area contributed by atoms with Gasteiger partial charge in [0.2, 0.25) is 0 Å². The molecule has 0 saturated carbocycles. The number of hydrogen-bond donors (Lipinski definition) is 1. The van der Waals surface area contributed by atoms with Crippen molar-refractivity contribution in [2.45, 2.75) is 6.42 Å². The average Bonchev–Trinajstić information content (AvgIpc) is 3.12. The number of nitrogens with one attached hydrogen (secondary N) is 1. The molecule has 116 valence electrons. The van der Waals surface area contributed by atoms with Crippen molar-refractivity contribution >= 4 is 5.91 Å². The molecule has 1 aromatic heterocycles. The summed E-state index contributed by atoms with van der Waals surface area (Å²) in [4.78, 5) is 22.3. The number of carbonyl (C=O) groups is 1. The fraction of sp³-hybridized carbons (Fsp3) is 0.688. The van der Waals surface area contributed by atoms with Crippen LogP contribution in [0.25, 0.3) is 0 Å². The summed E-state index contributed by atoms with van der Waals surface area (Å²) in [6.07, 6.45) is 3.05. The summed E-state index contributed by atoms with van der Waals surface area (Å²) in [7, 11) is 4.25. The van der Waals surface area contributed by atoms with E-state index in [0.717, 1.165) is 38.4 Å². The van der Waals surface area contributed by atoms with Gasteiger partial charge >= 0.3 is 0 Å². The molecule has 3 rings (SSSR count). The lowest BCUT2D eigenvalue weighted by Gasteiger charge is -2.34. The highest BCUT2D eigenvalue weighted by Crippen LogP contribution is 2.31. The predicted octanol–water partition coefficient (Wildman–Crippen LogP) is 0.970. The molecule has 2 saturated heterocycles. The van der Waals surface area contributed by atoms with Crippen LogP contribution in [0.1, 0.15) is 16.9 Å². The lowest BCUT2D eigenvalue weighted by atomic mass is 9.89. The van der Waals surface area contributed by atoms with Crippen molar-refractivity contribution in [3.8, 4) is 0 Å². The number of likely N-dealkylation sites (N-methyl/N-ethyl adjacent to an activating group) is 1. The van der Waals surface area contributed by atoms with Gasteiger partial charge in [-0.05, 0) is 51.0 Å². The Bertz CT molecular complexity index is 471. The Balaban J connectivity index is 1.55. The molecule has 0 spiro atoms. The van der Waals surface area contributed by atoms with Crippen LogP contribution in [-0.4, -0.2) is 79.0 Å². The third-order valence-electron chi connectivity index (χ3n) is 4.86. The van der Waals surface area contributed by atoms with Crippen molar-refractivity contribution < 1.29 is 4.79 Å². The number of amides is 1. The van der Waals surface area contributed by atoms with Gasteiger partial charge in [-0.2, -0.15) is 0 Å². The zero-order chi connectivity index (χ0) is 14.8. The molecular formula is C16H26N4O. The highest BCUT2D eigenvalue weighted by molar-refractivity contribution is 5.92. The predicted molar refractivity (Wildman–Crippen MR) is 83.3 cm³/mol. The van der Waals surface area contributed by atoms with Gasteiger partial charge in [-0.25, -0.2) is 0 Å². The fourth-order valence-corrected chi connectivity index (χ4v) is 3.59. The molecule has 0 radical (unpaired) electrons. The number of carbonyl (C=O) groups excluding carboxylic acids is 1. The minimum absolute atomic E-state index is 0.161. The van der Waals surface area contributed by atoms with Gasteiger partial charge < -0.3 is 19.7 Å². The number of H-pyrrole nitrogens is 1. The number of nitrogens with zero attached hydrogens (tertiary/aromatic N) is 3. The van der Waals surface area contributed by atoms with E-state index in [9.17, 15) is 4.79 Å². The van der Waals surface area contributed by atoms with E-state index in [1.54, 1.807) is 0 Å². The zero-order valence-electron chi connectivity index (χ0n) is 13.1. The first kappa shape index (κ1) is 14.6. The maximum atomic E-state index is 12.4. The minimum atomic E-state index is 0.161. The normalized spacial score (nSPS) is 26.3. The van der Waals surface area contributed by atoms with E-state index >= 15 is 0 Å². The minimum Gasteiger partial charge on any atom is -0.357 e. The Morgan fingerprint density at radius 2 is 2.14 bits per heavy atom. The summed E-state index contributed by atoms with van der Waals surface area (Å²) in [5.41, 5.74) is 0.720. The Morgan fingerprint density at radius 1 is 1.33 bits per heavy atom. The topological polar surface area (TPSA) is 42.6 Å². The molecule has 5 heteroatoms. The highest BCUT2D eigenvalue weighted by atomic mass is 16.2. The standard InChI is InChI=1S/C16H26N4O/c1-18(2)8-9-19-7-5-13-11-20(12-14(13)10-19)16(21)15-4-3-6-17-15/h3-4,6,13-14,17H,5,7-12H2,1-2H3/t13-,14+/m1/s1. The van der Waals surface area contributed by atoms with E-state index in [2.05, 4.69) is 28.9 Å². The molecule has 21 heavy (non-hydrogen) atoms. The zero-order valence-corrected chi connectivity index (χ0v) is 13.1. The second-order valence-corrected chi connectivity index (χ2v) is 6.71. The van der Waals surface area contributed by atoms with Crippen LogP contribution in [0, 0.1) is 11.8 Å². The summed E-state index contributed by atoms with van der Waals surface area (Å²) in [5.74, 6) is 1.51. The molecule has 1 amide bonds. The molecule has 0 aromatic carbocycles. The molecule has 2 fully saturated rings. The summed E-state index contributed by atoms with van der Waals surface area (Å²) in [6.45, 7) is 6.43. The van der Waals surface area contributed by atoms with Gasteiger partial charge in [0, 0.05) is 38.9 Å². The molecule has 2 aliphatic heterocycles. The number of piperidine rings is 1. The van der Waals surface area contributed by atoms with Crippen LogP contribution >= 0.6 is 0 Å². The van der Waals surface area contributed by atoms with E-state index in [-0.39, 0.29) is 5.91 Å². The van der Waals surface area contributed by atoms with Crippen LogP contribution in [0.15, 0.2) is 18.3 Å². The number of hydrogen-bond acceptors (Lipinski definition) is 3. The summed E-state index contributed by atoms with van der Waals surface area (Å²) >= 11 is 0. The number of likely N-dealkylation sites (tertiary alicyclic amines) is 2. The molecule has 1 aromatic rings. The van der Waals surface area contributed by atoms with Crippen molar-refractivity contribution in [2.75, 3.05) is 53.4 Å². The number of aromatic amines is 1. The van der Waals surface area contributed by atoms with Crippen LogP contribution in [-0.2, 0) is 0 Å². The first-order valence-electron chi connectivity index (χ1n) is 7.93. The average molecular weight is 290 g/mol. The monoisotopic (exact) mass is 290 g/mol. The quantitative estimate of drug-likeness (QED) is 0.898. The van der Waals surface area contributed by atoms with Crippen molar-refractivity contribution in [1.82, 2.24) is 19.7 Å². The van der Waals surface area contributed by atoms with Crippen molar-refractivity contribution in [3.05, 3.63) is 24.0 Å². The van der Waals surface area contributed by atoms with Gasteiger partial charge in [-0.1, -0.05) is 0 Å². The molecule has 0 aliphatic carbocycles. The highest BCUT2D eigenvalue weighted by Gasteiger charge is 2.38. The first-order valence-corrected chi connectivity index (χ1v) is 7.93. The molecule has 0 bridgehead atoms. The van der Waals surface area contributed by atoms with Crippen LogP contribution in [0.3, 0.4) is 0 Å². The van der Waals surface area contributed by atoms with E-state index < -0.39 is 0 Å². The van der Waals surface area contributed by atoms with Crippen LogP contribution in [0.4, 0.5) is 0 Å². The van der Waals surface area contributed by atoms with Gasteiger partial charge in [0.25, 0.3) is 5.91 Å². The molecule has 0 unspecified atom stereocenters. The summed E-state index contributed by atoms with van der Waals surface area (Å²) in [6, 6.07) is 3.76. The number of fused-ring (bicyclic) bond motifs is 1. The molecular weight excluding hydrogens is 264 g/mol. The Morgan fingerprint density at radius 3 is 2.86 bits per heavy atom. The lowest BCUT2D eigenvalue weighted by molar-refractivity contribution is 0.0778. The summed E-state index contributed by atoms with van der Waals surface area (Å²) < 4.78 is 0. The molecule has 2 aliphatic rings. The van der Waals surface area contributed by atoms with Gasteiger partial charge in [0.05, 0.1) is 0 Å². The molecule has 3 heterocycles. The van der Waals surface area contributed by atoms with Crippen molar-refractivity contribution in [3.63, 3.8) is 0 Å². The Labute approximate surface area is 126 Å². The van der Waals surface area contributed by atoms with E-state index in [0.29, 0.717) is 11.8 Å². The smallest absolute Gasteiger partial charge is 0.270 e. The third-order valence-corrected chi connectivity index (χ3v) is 4.86. The molecule has 2 atom stereocenters. The largest absolute Gasteiger partial charge is 0.357 e. The number of rotatable bonds is 4. The van der Waals surface area contributed by atoms with Gasteiger partial charge in [0.15, 0.2) is 0 Å². The summed E-state index contributed by atoms with van der Waals surface area (Å²) in [5, 5.41) is 0. The van der Waals surface area contributed by atoms with E-state index in [1.807, 2.05) is 23.2 Å². The SMILES string of the molecule is CN(C)CCN1CC[C@@H]2CN(C(=O)c3ccc[nH]3)C[C@@H]2C1. The van der Waals surface area contributed by atoms with Crippen LogP contribution < -0.4 is 0 Å². The first-order chi connectivity index (χ1) is 10.1. The van der Waals surface area contributed by atoms with Gasteiger partial charge in [0.1, 0.15) is 5.69 Å².